The molecule has 0 saturated heterocycles. The van der Waals surface area contributed by atoms with Gasteiger partial charge >= 0.3 is 0 Å². The van der Waals surface area contributed by atoms with Gasteiger partial charge in [0, 0.05) is 24.9 Å². The molecule has 4 aliphatic carbocycles. The molecule has 2 N–H and O–H groups in total. The first-order valence-corrected chi connectivity index (χ1v) is 12.6. The van der Waals surface area contributed by atoms with Crippen molar-refractivity contribution in [1.82, 2.24) is 9.55 Å². The highest BCUT2D eigenvalue weighted by Crippen LogP contribution is 2.69. The molecule has 5 nitrogen and oxygen atoms in total. The lowest BCUT2D eigenvalue weighted by Crippen LogP contribution is -2.57. The number of aromatic nitrogens is 2. The van der Waals surface area contributed by atoms with Gasteiger partial charge in [0.25, 0.3) is 0 Å². The van der Waals surface area contributed by atoms with Crippen molar-refractivity contribution in [3.05, 3.63) is 18.7 Å². The first kappa shape index (κ1) is 21.6. The summed E-state index contributed by atoms with van der Waals surface area (Å²) in [5.74, 6) is 3.04. The molecule has 0 amide bonds. The summed E-state index contributed by atoms with van der Waals surface area (Å²) >= 11 is 0. The van der Waals surface area contributed by atoms with Crippen LogP contribution in [0.25, 0.3) is 0 Å². The Kier molecular flexibility index (Phi) is 5.37. The Morgan fingerprint density at radius 1 is 1.10 bits per heavy atom. The highest BCUT2D eigenvalue weighted by Gasteiger charge is 2.62. The first-order valence-electron chi connectivity index (χ1n) is 12.6. The number of nitrogens with zero attached hydrogens (tertiary/aromatic N) is 2. The van der Waals surface area contributed by atoms with Gasteiger partial charge in [-0.05, 0) is 106 Å². The molecule has 8 atom stereocenters. The zero-order valence-corrected chi connectivity index (χ0v) is 19.3. The fourth-order valence-electron chi connectivity index (χ4n) is 9.14. The number of carbonyl (C=O) groups excluding carboxylic acids is 1. The number of carbonyl (C=O) groups is 1. The van der Waals surface area contributed by atoms with E-state index in [2.05, 4.69) is 11.9 Å². The van der Waals surface area contributed by atoms with Crippen molar-refractivity contribution in [3.63, 3.8) is 0 Å². The van der Waals surface area contributed by atoms with E-state index in [1.54, 1.807) is 12.5 Å². The van der Waals surface area contributed by atoms with Crippen molar-refractivity contribution in [3.8, 4) is 0 Å². The smallest absolute Gasteiger partial charge is 0.156 e. The van der Waals surface area contributed by atoms with E-state index < -0.39 is 5.60 Å². The van der Waals surface area contributed by atoms with Crippen molar-refractivity contribution in [2.45, 2.75) is 90.2 Å². The summed E-state index contributed by atoms with van der Waals surface area (Å²) in [7, 11) is 0. The molecular weight excluding hydrogens is 388 g/mol. The van der Waals surface area contributed by atoms with Gasteiger partial charge in [-0.15, -0.1) is 0 Å². The van der Waals surface area contributed by atoms with Crippen LogP contribution in [0.1, 0.15) is 78.1 Å². The molecule has 31 heavy (non-hydrogen) atoms. The molecule has 0 unspecified atom stereocenters. The summed E-state index contributed by atoms with van der Waals surface area (Å²) in [5, 5.41) is 20.8. The van der Waals surface area contributed by atoms with Gasteiger partial charge < -0.3 is 14.8 Å². The second-order valence-electron chi connectivity index (χ2n) is 11.9. The van der Waals surface area contributed by atoms with Gasteiger partial charge in [-0.2, -0.15) is 0 Å². The van der Waals surface area contributed by atoms with E-state index in [0.29, 0.717) is 36.0 Å². The first-order chi connectivity index (χ1) is 14.8. The lowest BCUT2D eigenvalue weighted by molar-refractivity contribution is -0.162. The second kappa shape index (κ2) is 7.69. The Morgan fingerprint density at radius 2 is 1.94 bits per heavy atom. The molecular formula is C26H40N2O3. The van der Waals surface area contributed by atoms with Crippen LogP contribution in [0.3, 0.4) is 0 Å². The van der Waals surface area contributed by atoms with Crippen molar-refractivity contribution < 1.29 is 15.0 Å². The van der Waals surface area contributed by atoms with Gasteiger partial charge in [-0.1, -0.05) is 6.92 Å². The van der Waals surface area contributed by atoms with Gasteiger partial charge in [-0.25, -0.2) is 4.98 Å². The summed E-state index contributed by atoms with van der Waals surface area (Å²) in [6, 6.07) is 0. The molecule has 0 radical (unpaired) electrons. The molecule has 4 aliphatic rings. The minimum Gasteiger partial charge on any atom is -0.396 e. The summed E-state index contributed by atoms with van der Waals surface area (Å²) in [6.07, 6.45) is 16.0. The standard InChI is InChI=1S/C26H40N2O3/c1-24(31)9-10-26(11-14-29)18(15-24)3-4-19-20-5-6-22(25(20,2)8-7-21(19)26)23(30)16-28-13-12-27-17-28/h12-13,17-22,29,31H,3-11,14-16H2,1-2H3/t18-,19-,20-,21-,22+,24+,25-,26+/m0/s1. The normalized spacial score (nSPS) is 46.8. The van der Waals surface area contributed by atoms with E-state index in [1.807, 2.05) is 17.7 Å². The van der Waals surface area contributed by atoms with Crippen LogP contribution in [-0.4, -0.2) is 37.8 Å². The fourth-order valence-corrected chi connectivity index (χ4v) is 9.14. The summed E-state index contributed by atoms with van der Waals surface area (Å²) in [5.41, 5.74) is -0.232. The number of fused-ring (bicyclic) bond motifs is 5. The van der Waals surface area contributed by atoms with Crippen LogP contribution in [0.5, 0.6) is 0 Å². The quantitative estimate of drug-likeness (QED) is 0.736. The molecule has 1 heterocycles. The van der Waals surface area contributed by atoms with E-state index in [0.717, 1.165) is 38.5 Å². The summed E-state index contributed by atoms with van der Waals surface area (Å²) < 4.78 is 1.92. The summed E-state index contributed by atoms with van der Waals surface area (Å²) in [6.45, 7) is 5.13. The number of imidazole rings is 1. The van der Waals surface area contributed by atoms with Gasteiger partial charge in [-0.3, -0.25) is 4.79 Å². The average Bonchev–Trinajstić information content (AvgIpc) is 3.35. The molecule has 0 spiro atoms. The highest BCUT2D eigenvalue weighted by molar-refractivity contribution is 5.82. The number of hydrogen-bond donors (Lipinski definition) is 2. The summed E-state index contributed by atoms with van der Waals surface area (Å²) in [4.78, 5) is 17.4. The molecule has 4 fully saturated rings. The van der Waals surface area contributed by atoms with Crippen molar-refractivity contribution in [2.75, 3.05) is 6.61 Å². The Balaban J connectivity index is 1.38. The maximum atomic E-state index is 13.3. The van der Waals surface area contributed by atoms with Gasteiger partial charge in [0.2, 0.25) is 0 Å². The maximum absolute atomic E-state index is 13.3. The number of hydrogen-bond acceptors (Lipinski definition) is 4. The molecule has 0 aromatic carbocycles. The number of aliphatic hydroxyl groups excluding tert-OH is 1. The van der Waals surface area contributed by atoms with Gasteiger partial charge in [0.15, 0.2) is 5.78 Å². The molecule has 1 aromatic heterocycles. The fraction of sp³-hybridized carbons (Fsp3) is 0.846. The third-order valence-corrected chi connectivity index (χ3v) is 10.5. The van der Waals surface area contributed by atoms with Crippen molar-refractivity contribution >= 4 is 5.78 Å². The van der Waals surface area contributed by atoms with Crippen molar-refractivity contribution in [2.24, 2.45) is 40.4 Å². The number of Topliss-reactive ketones (excluding diaryl/α,β-unsaturated/α-hetero) is 1. The third-order valence-electron chi connectivity index (χ3n) is 10.5. The van der Waals surface area contributed by atoms with Gasteiger partial charge in [0.1, 0.15) is 0 Å². The van der Waals surface area contributed by atoms with Crippen LogP contribution >= 0.6 is 0 Å². The molecule has 4 saturated carbocycles. The van der Waals surface area contributed by atoms with Crippen LogP contribution in [0.4, 0.5) is 0 Å². The predicted molar refractivity (Wildman–Crippen MR) is 119 cm³/mol. The molecule has 1 aromatic rings. The monoisotopic (exact) mass is 428 g/mol. The third kappa shape index (κ3) is 3.42. The van der Waals surface area contributed by atoms with E-state index in [4.69, 9.17) is 0 Å². The number of rotatable bonds is 5. The molecule has 5 rings (SSSR count). The number of ketones is 1. The average molecular weight is 429 g/mol. The largest absolute Gasteiger partial charge is 0.396 e. The minimum atomic E-state index is -0.544. The van der Waals surface area contributed by atoms with Crippen LogP contribution in [0, 0.1) is 40.4 Å². The molecule has 172 valence electrons. The van der Waals surface area contributed by atoms with E-state index in [9.17, 15) is 15.0 Å². The Bertz CT molecular complexity index is 806. The molecule has 0 bridgehead atoms. The van der Waals surface area contributed by atoms with E-state index in [-0.39, 0.29) is 23.4 Å². The van der Waals surface area contributed by atoms with Crippen LogP contribution in [0.2, 0.25) is 0 Å². The zero-order chi connectivity index (χ0) is 21.9. The van der Waals surface area contributed by atoms with E-state index in [1.165, 1.54) is 25.7 Å². The van der Waals surface area contributed by atoms with Crippen molar-refractivity contribution in [1.29, 1.82) is 0 Å². The topological polar surface area (TPSA) is 75.3 Å². The maximum Gasteiger partial charge on any atom is 0.156 e. The van der Waals surface area contributed by atoms with E-state index >= 15 is 0 Å². The minimum absolute atomic E-state index is 0.117. The molecule has 5 heteroatoms. The Morgan fingerprint density at radius 3 is 2.68 bits per heavy atom. The second-order valence-corrected chi connectivity index (χ2v) is 11.9. The zero-order valence-electron chi connectivity index (χ0n) is 19.3. The Hall–Kier alpha value is -1.20. The van der Waals surface area contributed by atoms with Gasteiger partial charge in [0.05, 0.1) is 18.5 Å². The highest BCUT2D eigenvalue weighted by atomic mass is 16.3. The lowest BCUT2D eigenvalue weighted by Gasteiger charge is -2.63. The SMILES string of the molecule is C[C@@]1(O)CC[C@@]2(CCO)[C@@H](CC[C@H]3[C@@H]4CC[C@H](C(=O)Cn5ccnc5)[C@@]4(C)CC[C@@H]32)C1. The van der Waals surface area contributed by atoms with Crippen LogP contribution < -0.4 is 0 Å². The predicted octanol–water partition coefficient (Wildman–Crippen LogP) is 4.22. The van der Waals surface area contributed by atoms with Crippen LogP contribution in [0.15, 0.2) is 18.7 Å². The van der Waals surface area contributed by atoms with Crippen LogP contribution in [-0.2, 0) is 11.3 Å². The molecule has 0 aliphatic heterocycles. The Labute approximate surface area is 186 Å². The number of aliphatic hydroxyl groups is 2. The lowest BCUT2D eigenvalue weighted by atomic mass is 9.42.